The van der Waals surface area contributed by atoms with Crippen LogP contribution in [-0.4, -0.2) is 6.54 Å². The molecule has 0 amide bonds. The first-order valence-corrected chi connectivity index (χ1v) is 5.51. The lowest BCUT2D eigenvalue weighted by molar-refractivity contribution is 0.620. The van der Waals surface area contributed by atoms with Gasteiger partial charge in [0.2, 0.25) is 0 Å². The summed E-state index contributed by atoms with van der Waals surface area (Å²) < 4.78 is 1.49. The van der Waals surface area contributed by atoms with Gasteiger partial charge >= 0.3 is 0 Å². The van der Waals surface area contributed by atoms with Gasteiger partial charge in [0.05, 0.1) is 8.67 Å². The van der Waals surface area contributed by atoms with Crippen LogP contribution < -0.4 is 5.32 Å². The van der Waals surface area contributed by atoms with Gasteiger partial charge in [-0.25, -0.2) is 0 Å². The zero-order valence-corrected chi connectivity index (χ0v) is 9.64. The second kappa shape index (κ2) is 5.01. The van der Waals surface area contributed by atoms with E-state index in [1.807, 2.05) is 19.1 Å². The van der Waals surface area contributed by atoms with Crippen molar-refractivity contribution < 1.29 is 0 Å². The number of halogens is 2. The number of hydrogen-bond acceptors (Lipinski definition) is 2. The molecule has 0 saturated heterocycles. The molecule has 1 unspecified atom stereocenters. The summed E-state index contributed by atoms with van der Waals surface area (Å²) in [5.41, 5.74) is 1.05. The number of thiophene rings is 1. The quantitative estimate of drug-likeness (QED) is 0.782. The summed E-state index contributed by atoms with van der Waals surface area (Å²) in [5.74, 6) is 0. The van der Waals surface area contributed by atoms with E-state index < -0.39 is 0 Å². The van der Waals surface area contributed by atoms with Crippen LogP contribution in [0, 0.1) is 0 Å². The van der Waals surface area contributed by atoms with Crippen LogP contribution in [0.15, 0.2) is 18.7 Å². The van der Waals surface area contributed by atoms with E-state index in [-0.39, 0.29) is 6.04 Å². The van der Waals surface area contributed by atoms with Crippen LogP contribution in [-0.2, 0) is 0 Å². The molecular weight excluding hydrogens is 225 g/mol. The Morgan fingerprint density at radius 1 is 1.69 bits per heavy atom. The normalized spacial score (nSPS) is 12.8. The lowest BCUT2D eigenvalue weighted by Gasteiger charge is -2.10. The summed E-state index contributed by atoms with van der Waals surface area (Å²) in [4.78, 5) is 0. The fourth-order valence-electron chi connectivity index (χ4n) is 1.02. The average molecular weight is 236 g/mol. The highest BCUT2D eigenvalue weighted by molar-refractivity contribution is 7.20. The first-order chi connectivity index (χ1) is 6.15. The molecule has 72 valence electrons. The smallest absolute Gasteiger partial charge is 0.0991 e. The Kier molecular flexibility index (Phi) is 4.26. The minimum atomic E-state index is 0.217. The van der Waals surface area contributed by atoms with Crippen LogP contribution in [0.3, 0.4) is 0 Å². The van der Waals surface area contributed by atoms with E-state index in [4.69, 9.17) is 23.2 Å². The largest absolute Gasteiger partial charge is 0.307 e. The Morgan fingerprint density at radius 2 is 2.38 bits per heavy atom. The van der Waals surface area contributed by atoms with Crippen LogP contribution in [0.4, 0.5) is 0 Å². The second-order valence-corrected chi connectivity index (χ2v) is 4.98. The minimum absolute atomic E-state index is 0.217. The van der Waals surface area contributed by atoms with Gasteiger partial charge < -0.3 is 5.32 Å². The summed E-state index contributed by atoms with van der Waals surface area (Å²) in [5, 5.41) is 3.25. The van der Waals surface area contributed by atoms with Crippen molar-refractivity contribution >= 4 is 34.5 Å². The van der Waals surface area contributed by atoms with Crippen molar-refractivity contribution in [1.82, 2.24) is 5.32 Å². The molecule has 1 nitrogen and oxygen atoms in total. The number of nitrogens with one attached hydrogen (secondary N) is 1. The fourth-order valence-corrected chi connectivity index (χ4v) is 2.66. The Balaban J connectivity index is 2.69. The molecule has 4 heteroatoms. The van der Waals surface area contributed by atoms with Gasteiger partial charge in [0, 0.05) is 12.6 Å². The van der Waals surface area contributed by atoms with E-state index in [2.05, 4.69) is 11.9 Å². The molecule has 0 aliphatic carbocycles. The topological polar surface area (TPSA) is 12.0 Å². The van der Waals surface area contributed by atoms with Crippen LogP contribution in [0.2, 0.25) is 8.67 Å². The Bertz CT molecular complexity index is 296. The predicted octanol–water partition coefficient (Wildman–Crippen LogP) is 3.89. The molecule has 0 fully saturated rings. The molecule has 0 aromatic carbocycles. The molecule has 0 saturated carbocycles. The fraction of sp³-hybridized carbons (Fsp3) is 0.333. The maximum atomic E-state index is 5.99. The van der Waals surface area contributed by atoms with Crippen LogP contribution in [0.25, 0.3) is 0 Å². The Hall–Kier alpha value is -0.0200. The minimum Gasteiger partial charge on any atom is -0.307 e. The van der Waals surface area contributed by atoms with E-state index in [9.17, 15) is 0 Å². The molecule has 1 rings (SSSR count). The summed E-state index contributed by atoms with van der Waals surface area (Å²) >= 11 is 13.2. The highest BCUT2D eigenvalue weighted by atomic mass is 35.5. The monoisotopic (exact) mass is 235 g/mol. The molecule has 1 aromatic rings. The molecule has 1 heterocycles. The third kappa shape index (κ3) is 2.99. The zero-order valence-electron chi connectivity index (χ0n) is 7.31. The first-order valence-electron chi connectivity index (χ1n) is 3.94. The Labute approximate surface area is 92.4 Å². The second-order valence-electron chi connectivity index (χ2n) is 2.70. The molecule has 0 aliphatic heterocycles. The van der Waals surface area contributed by atoms with Crippen LogP contribution in [0.5, 0.6) is 0 Å². The maximum absolute atomic E-state index is 5.99. The van der Waals surface area contributed by atoms with Crippen LogP contribution >= 0.6 is 34.5 Å². The van der Waals surface area contributed by atoms with Gasteiger partial charge in [-0.05, 0) is 18.6 Å². The lowest BCUT2D eigenvalue weighted by atomic mass is 10.2. The highest BCUT2D eigenvalue weighted by Crippen LogP contribution is 2.34. The molecule has 0 bridgehead atoms. The summed E-state index contributed by atoms with van der Waals surface area (Å²) in [6, 6.07) is 2.12. The number of hydrogen-bond donors (Lipinski definition) is 1. The summed E-state index contributed by atoms with van der Waals surface area (Å²) in [6.45, 7) is 6.45. The van der Waals surface area contributed by atoms with Crippen molar-refractivity contribution in [2.75, 3.05) is 6.54 Å². The molecule has 1 aromatic heterocycles. The van der Waals surface area contributed by atoms with E-state index in [1.54, 1.807) is 0 Å². The van der Waals surface area contributed by atoms with Gasteiger partial charge in [-0.15, -0.1) is 17.9 Å². The van der Waals surface area contributed by atoms with Crippen molar-refractivity contribution in [3.63, 3.8) is 0 Å². The van der Waals surface area contributed by atoms with Crippen molar-refractivity contribution in [1.29, 1.82) is 0 Å². The van der Waals surface area contributed by atoms with E-state index in [1.165, 1.54) is 11.3 Å². The van der Waals surface area contributed by atoms with Crippen LogP contribution in [0.1, 0.15) is 18.5 Å². The maximum Gasteiger partial charge on any atom is 0.0991 e. The van der Waals surface area contributed by atoms with Gasteiger partial charge in [0.15, 0.2) is 0 Å². The lowest BCUT2D eigenvalue weighted by Crippen LogP contribution is -2.17. The third-order valence-corrected chi connectivity index (χ3v) is 3.24. The van der Waals surface area contributed by atoms with Crippen molar-refractivity contribution in [3.8, 4) is 0 Å². The van der Waals surface area contributed by atoms with Gasteiger partial charge in [-0.2, -0.15) is 0 Å². The molecule has 0 spiro atoms. The average Bonchev–Trinajstić information content (AvgIpc) is 2.41. The van der Waals surface area contributed by atoms with Crippen molar-refractivity contribution in [3.05, 3.63) is 33.0 Å². The molecule has 13 heavy (non-hydrogen) atoms. The van der Waals surface area contributed by atoms with Gasteiger partial charge in [-0.3, -0.25) is 0 Å². The summed E-state index contributed by atoms with van der Waals surface area (Å²) in [7, 11) is 0. The third-order valence-electron chi connectivity index (χ3n) is 1.72. The van der Waals surface area contributed by atoms with Gasteiger partial charge in [0.25, 0.3) is 0 Å². The first kappa shape index (κ1) is 11.1. The van der Waals surface area contributed by atoms with E-state index in [0.29, 0.717) is 0 Å². The molecular formula is C9H11Cl2NS. The molecule has 0 radical (unpaired) electrons. The molecule has 1 N–H and O–H groups in total. The molecule has 0 aliphatic rings. The van der Waals surface area contributed by atoms with E-state index >= 15 is 0 Å². The number of rotatable bonds is 4. The zero-order chi connectivity index (χ0) is 9.84. The van der Waals surface area contributed by atoms with Crippen molar-refractivity contribution in [2.24, 2.45) is 0 Å². The molecule has 1 atom stereocenters. The highest BCUT2D eigenvalue weighted by Gasteiger charge is 2.11. The standard InChI is InChI=1S/C9H11Cl2NS/c1-3-4-12-6(2)7-5-8(10)13-9(7)11/h3,5-6,12H,1,4H2,2H3. The predicted molar refractivity (Wildman–Crippen MR) is 61.0 cm³/mol. The van der Waals surface area contributed by atoms with Gasteiger partial charge in [-0.1, -0.05) is 29.3 Å². The SMILES string of the molecule is C=CCNC(C)c1cc(Cl)sc1Cl. The van der Waals surface area contributed by atoms with Crippen molar-refractivity contribution in [2.45, 2.75) is 13.0 Å². The summed E-state index contributed by atoms with van der Waals surface area (Å²) in [6.07, 6.45) is 1.82. The van der Waals surface area contributed by atoms with Gasteiger partial charge in [0.1, 0.15) is 0 Å². The Morgan fingerprint density at radius 3 is 2.85 bits per heavy atom. The van der Waals surface area contributed by atoms with E-state index in [0.717, 1.165) is 20.8 Å².